The van der Waals surface area contributed by atoms with Crippen LogP contribution in [0.2, 0.25) is 0 Å². The van der Waals surface area contributed by atoms with Gasteiger partial charge in [-0.05, 0) is 105 Å². The molecule has 256 valence electrons. The van der Waals surface area contributed by atoms with Crippen molar-refractivity contribution in [3.8, 4) is 0 Å². The number of pyridine rings is 1. The lowest BCUT2D eigenvalue weighted by Gasteiger charge is -2.23. The first-order valence-electron chi connectivity index (χ1n) is 17.2. The number of aliphatic hydroxyl groups is 1. The molecule has 5 nitrogen and oxygen atoms in total. The van der Waals surface area contributed by atoms with E-state index in [4.69, 9.17) is 4.99 Å². The number of carbonyl (C=O) groups is 1. The SMILES string of the molecule is C=C(\C=C(C)/C(=C\C)C(=C/c1cnc(NC(=O)C2CC2F)cc1C)/C(=C/CC)C(=N\C=C/C)/C(C)CC)C(O)CC.CC.CCC. The Hall–Kier alpha value is -3.38. The lowest BCUT2D eigenvalue weighted by molar-refractivity contribution is -0.117. The molecule has 4 unspecified atom stereocenters. The fourth-order valence-electron chi connectivity index (χ4n) is 4.57. The Balaban J connectivity index is 0.00000381. The summed E-state index contributed by atoms with van der Waals surface area (Å²) in [6.07, 6.45) is 16.1. The molecule has 1 aromatic rings. The fraction of sp³-hybridized carbons (Fsp3) is 0.525. The molecule has 0 radical (unpaired) electrons. The van der Waals surface area contributed by atoms with Crippen LogP contribution in [0.15, 0.2) is 82.2 Å². The van der Waals surface area contributed by atoms with E-state index < -0.39 is 18.2 Å². The molecule has 1 aliphatic carbocycles. The molecule has 2 N–H and O–H groups in total. The first-order valence-corrected chi connectivity index (χ1v) is 17.2. The first-order chi connectivity index (χ1) is 21.9. The predicted octanol–water partition coefficient (Wildman–Crippen LogP) is 11.1. The largest absolute Gasteiger partial charge is 0.388 e. The van der Waals surface area contributed by atoms with E-state index in [1.807, 2.05) is 72.9 Å². The Kier molecular flexibility index (Phi) is 21.3. The summed E-state index contributed by atoms with van der Waals surface area (Å²) in [6.45, 7) is 28.7. The maximum atomic E-state index is 13.4. The number of aryl methyl sites for hydroxylation is 1. The zero-order chi connectivity index (χ0) is 35.4. The third-order valence-corrected chi connectivity index (χ3v) is 7.39. The summed E-state index contributed by atoms with van der Waals surface area (Å²) in [5.41, 5.74) is 7.50. The van der Waals surface area contributed by atoms with Gasteiger partial charge in [-0.2, -0.15) is 0 Å². The van der Waals surface area contributed by atoms with Gasteiger partial charge in [0.05, 0.1) is 17.7 Å². The van der Waals surface area contributed by atoms with Crippen molar-refractivity contribution in [1.29, 1.82) is 0 Å². The molecule has 1 heterocycles. The zero-order valence-corrected chi connectivity index (χ0v) is 30.8. The molecule has 2 rings (SSSR count). The molecule has 1 aliphatic rings. The number of nitrogens with one attached hydrogen (secondary N) is 1. The van der Waals surface area contributed by atoms with Crippen LogP contribution >= 0.6 is 0 Å². The van der Waals surface area contributed by atoms with Crippen molar-refractivity contribution in [1.82, 2.24) is 4.98 Å². The van der Waals surface area contributed by atoms with Crippen LogP contribution in [-0.2, 0) is 4.79 Å². The number of halogens is 1. The normalized spacial score (nSPS) is 18.6. The van der Waals surface area contributed by atoms with Crippen molar-refractivity contribution in [2.45, 2.75) is 127 Å². The van der Waals surface area contributed by atoms with Gasteiger partial charge in [0, 0.05) is 18.0 Å². The lowest BCUT2D eigenvalue weighted by atomic mass is 9.83. The number of allylic oxidation sites excluding steroid dienone is 7. The molecule has 0 aliphatic heterocycles. The minimum Gasteiger partial charge on any atom is -0.388 e. The number of aliphatic imine (C=N–C) groups is 1. The Morgan fingerprint density at radius 2 is 1.76 bits per heavy atom. The van der Waals surface area contributed by atoms with Gasteiger partial charge in [-0.15, -0.1) is 0 Å². The molecule has 0 bridgehead atoms. The number of aliphatic hydroxyl groups excluding tert-OH is 1. The number of amides is 1. The quantitative estimate of drug-likeness (QED) is 0.158. The van der Waals surface area contributed by atoms with Crippen LogP contribution in [0, 0.1) is 18.8 Å². The number of hydrogen-bond donors (Lipinski definition) is 2. The average Bonchev–Trinajstić information content (AvgIpc) is 3.78. The van der Waals surface area contributed by atoms with Gasteiger partial charge >= 0.3 is 0 Å². The molecular formula is C40H62FN3O2. The number of alkyl halides is 1. The van der Waals surface area contributed by atoms with Gasteiger partial charge in [-0.1, -0.05) is 92.7 Å². The molecule has 0 aromatic carbocycles. The smallest absolute Gasteiger partial charge is 0.231 e. The van der Waals surface area contributed by atoms with Crippen LogP contribution in [0.1, 0.15) is 119 Å². The van der Waals surface area contributed by atoms with Crippen molar-refractivity contribution < 1.29 is 14.3 Å². The number of aromatic nitrogens is 1. The van der Waals surface area contributed by atoms with E-state index in [-0.39, 0.29) is 18.2 Å². The van der Waals surface area contributed by atoms with Crippen LogP contribution < -0.4 is 5.32 Å². The highest BCUT2D eigenvalue weighted by Gasteiger charge is 2.43. The van der Waals surface area contributed by atoms with E-state index in [1.165, 1.54) is 6.42 Å². The molecule has 1 amide bonds. The summed E-state index contributed by atoms with van der Waals surface area (Å²) in [4.78, 5) is 21.7. The average molecular weight is 636 g/mol. The van der Waals surface area contributed by atoms with E-state index in [9.17, 15) is 14.3 Å². The Morgan fingerprint density at radius 1 is 1.15 bits per heavy atom. The van der Waals surface area contributed by atoms with Crippen molar-refractivity contribution in [2.24, 2.45) is 16.8 Å². The maximum absolute atomic E-state index is 13.4. The van der Waals surface area contributed by atoms with E-state index in [0.29, 0.717) is 17.8 Å². The molecule has 4 atom stereocenters. The van der Waals surface area contributed by atoms with E-state index in [2.05, 4.69) is 69.7 Å². The number of hydrogen-bond acceptors (Lipinski definition) is 4. The number of rotatable bonds is 14. The van der Waals surface area contributed by atoms with E-state index >= 15 is 0 Å². The van der Waals surface area contributed by atoms with E-state index in [1.54, 1.807) is 6.20 Å². The first kappa shape index (κ1) is 42.6. The number of anilines is 1. The van der Waals surface area contributed by atoms with Gasteiger partial charge in [0.15, 0.2) is 0 Å². The number of carbonyl (C=O) groups excluding carboxylic acids is 1. The topological polar surface area (TPSA) is 74.6 Å². The molecule has 0 saturated heterocycles. The fourth-order valence-corrected chi connectivity index (χ4v) is 4.57. The molecule has 6 heteroatoms. The maximum Gasteiger partial charge on any atom is 0.231 e. The predicted molar refractivity (Wildman–Crippen MR) is 199 cm³/mol. The van der Waals surface area contributed by atoms with Gasteiger partial charge in [0.2, 0.25) is 5.91 Å². The molecule has 1 aromatic heterocycles. The van der Waals surface area contributed by atoms with Gasteiger partial charge in [-0.25, -0.2) is 9.37 Å². The Labute approximate surface area is 280 Å². The molecule has 1 fully saturated rings. The summed E-state index contributed by atoms with van der Waals surface area (Å²) >= 11 is 0. The monoisotopic (exact) mass is 635 g/mol. The minimum absolute atomic E-state index is 0.213. The third kappa shape index (κ3) is 13.5. The highest BCUT2D eigenvalue weighted by atomic mass is 19.1. The third-order valence-electron chi connectivity index (χ3n) is 7.39. The van der Waals surface area contributed by atoms with Crippen molar-refractivity contribution in [2.75, 3.05) is 5.32 Å². The van der Waals surface area contributed by atoms with Crippen LogP contribution in [-0.4, -0.2) is 34.0 Å². The second-order valence-electron chi connectivity index (χ2n) is 11.4. The Morgan fingerprint density at radius 3 is 2.22 bits per heavy atom. The molecule has 0 spiro atoms. The van der Waals surface area contributed by atoms with Gasteiger partial charge in [-0.3, -0.25) is 9.79 Å². The molecule has 1 saturated carbocycles. The zero-order valence-electron chi connectivity index (χ0n) is 30.8. The van der Waals surface area contributed by atoms with Gasteiger partial charge in [0.25, 0.3) is 0 Å². The van der Waals surface area contributed by atoms with Crippen molar-refractivity contribution in [3.63, 3.8) is 0 Å². The molecular weight excluding hydrogens is 573 g/mol. The van der Waals surface area contributed by atoms with Crippen LogP contribution in [0.4, 0.5) is 10.2 Å². The Bertz CT molecular complexity index is 1300. The highest BCUT2D eigenvalue weighted by molar-refractivity contribution is 6.08. The van der Waals surface area contributed by atoms with Crippen molar-refractivity contribution in [3.05, 3.63) is 88.3 Å². The standard InChI is InChI=1S/C35H48FN3O2.C3H8.C2H6/c1-10-15-28(34(22(6)12-3)37-16-11-2)29(27(13-4)24(8)17-25(9)32(40)14-5)19-26-21-38-33(18-23(26)7)39-35(41)30-20-31(30)36;1-3-2;1-2/h11,13,15-19,21-22,30-32,40H,9-10,12,14,20H2,1-8H3,(H,38,39,41);3H2,1-2H3;1-2H3/b16-11-,24-17-,27-13+,28-15-,29-19-,37-34-;;. The summed E-state index contributed by atoms with van der Waals surface area (Å²) in [5, 5.41) is 13.1. The summed E-state index contributed by atoms with van der Waals surface area (Å²) in [7, 11) is 0. The van der Waals surface area contributed by atoms with Gasteiger partial charge in [0.1, 0.15) is 12.0 Å². The lowest BCUT2D eigenvalue weighted by Crippen LogP contribution is -2.17. The summed E-state index contributed by atoms with van der Waals surface area (Å²) in [5.74, 6) is -0.276. The van der Waals surface area contributed by atoms with Crippen molar-refractivity contribution >= 4 is 23.5 Å². The van der Waals surface area contributed by atoms with Crippen LogP contribution in [0.25, 0.3) is 6.08 Å². The second-order valence-corrected chi connectivity index (χ2v) is 11.4. The van der Waals surface area contributed by atoms with Crippen LogP contribution in [0.5, 0.6) is 0 Å². The second kappa shape index (κ2) is 23.0. The number of nitrogens with zero attached hydrogens (tertiary/aromatic N) is 2. The highest BCUT2D eigenvalue weighted by Crippen LogP contribution is 2.35. The van der Waals surface area contributed by atoms with Gasteiger partial charge < -0.3 is 10.4 Å². The van der Waals surface area contributed by atoms with E-state index in [0.717, 1.165) is 52.0 Å². The summed E-state index contributed by atoms with van der Waals surface area (Å²) < 4.78 is 13.4. The minimum atomic E-state index is -1.06. The summed E-state index contributed by atoms with van der Waals surface area (Å²) in [6, 6.07) is 1.82. The molecule has 46 heavy (non-hydrogen) atoms. The van der Waals surface area contributed by atoms with Crippen LogP contribution in [0.3, 0.4) is 0 Å².